The van der Waals surface area contributed by atoms with Crippen LogP contribution in [0.3, 0.4) is 0 Å². The van der Waals surface area contributed by atoms with E-state index in [1.165, 1.54) is 20.1 Å². The summed E-state index contributed by atoms with van der Waals surface area (Å²) in [5.74, 6) is -0.278. The molecule has 2 N–H and O–H groups in total. The Kier molecular flexibility index (Phi) is 7.42. The molecule has 0 radical (unpaired) electrons. The summed E-state index contributed by atoms with van der Waals surface area (Å²) in [6, 6.07) is 5.18. The number of amides is 2. The van der Waals surface area contributed by atoms with E-state index in [0.717, 1.165) is 0 Å². The predicted molar refractivity (Wildman–Crippen MR) is 102 cm³/mol. The van der Waals surface area contributed by atoms with Crippen molar-refractivity contribution < 1.29 is 27.5 Å². The van der Waals surface area contributed by atoms with Gasteiger partial charge in [0.2, 0.25) is 5.95 Å². The summed E-state index contributed by atoms with van der Waals surface area (Å²) in [6.07, 6.45) is 0.776. The topological polar surface area (TPSA) is 149 Å². The smallest absolute Gasteiger partial charge is 0.335 e. The largest absolute Gasteiger partial charge is 0.467 e. The fourth-order valence-electron chi connectivity index (χ4n) is 2.36. The quantitative estimate of drug-likeness (QED) is 0.471. The number of rotatable bonds is 8. The van der Waals surface area contributed by atoms with E-state index < -0.39 is 22.0 Å². The molecule has 12 heteroatoms. The summed E-state index contributed by atoms with van der Waals surface area (Å²) in [5.41, 5.74) is 0.484. The number of urea groups is 1. The molecular formula is C17H21N5O6S. The minimum atomic E-state index is -4.16. The molecule has 0 spiro atoms. The highest BCUT2D eigenvalue weighted by atomic mass is 32.2. The van der Waals surface area contributed by atoms with Crippen molar-refractivity contribution in [3.8, 4) is 6.01 Å². The lowest BCUT2D eigenvalue weighted by Gasteiger charge is -2.12. The van der Waals surface area contributed by atoms with Gasteiger partial charge in [-0.25, -0.2) is 17.9 Å². The number of methoxy groups -OCH3 is 1. The maximum Gasteiger partial charge on any atom is 0.335 e. The van der Waals surface area contributed by atoms with Crippen molar-refractivity contribution in [2.45, 2.75) is 31.6 Å². The second kappa shape index (κ2) is 9.78. The molecule has 0 saturated carbocycles. The molecular weight excluding hydrogens is 402 g/mol. The molecule has 0 atom stereocenters. The zero-order valence-electron chi connectivity index (χ0n) is 16.1. The van der Waals surface area contributed by atoms with E-state index in [2.05, 4.69) is 20.3 Å². The average molecular weight is 423 g/mol. The van der Waals surface area contributed by atoms with Gasteiger partial charge in [0.25, 0.3) is 10.0 Å². The number of nitrogens with zero attached hydrogens (tertiary/aromatic N) is 3. The van der Waals surface area contributed by atoms with E-state index in [-0.39, 0.29) is 29.3 Å². The first-order valence-corrected chi connectivity index (χ1v) is 10.0. The number of nitrogens with one attached hydrogen (secondary N) is 2. The van der Waals surface area contributed by atoms with Crippen LogP contribution in [0.1, 0.15) is 24.7 Å². The zero-order chi connectivity index (χ0) is 21.4. The van der Waals surface area contributed by atoms with Crippen molar-refractivity contribution in [2.75, 3.05) is 19.0 Å². The number of aromatic nitrogens is 3. The minimum absolute atomic E-state index is 0.0196. The van der Waals surface area contributed by atoms with Gasteiger partial charge in [-0.15, -0.1) is 0 Å². The van der Waals surface area contributed by atoms with Gasteiger partial charge < -0.3 is 9.47 Å². The van der Waals surface area contributed by atoms with Crippen LogP contribution in [-0.2, 0) is 26.0 Å². The molecule has 0 aliphatic carbocycles. The van der Waals surface area contributed by atoms with Crippen molar-refractivity contribution in [2.24, 2.45) is 0 Å². The van der Waals surface area contributed by atoms with Gasteiger partial charge in [0.05, 0.1) is 18.6 Å². The molecule has 0 aliphatic rings. The summed E-state index contributed by atoms with van der Waals surface area (Å²) in [5, 5.41) is 2.24. The molecule has 11 nitrogen and oxygen atoms in total. The molecule has 0 bridgehead atoms. The van der Waals surface area contributed by atoms with Crippen LogP contribution in [-0.4, -0.2) is 49.1 Å². The van der Waals surface area contributed by atoms with Crippen LogP contribution in [0, 0.1) is 6.92 Å². The maximum atomic E-state index is 12.6. The van der Waals surface area contributed by atoms with Gasteiger partial charge in [0.15, 0.2) is 0 Å². The molecule has 0 unspecified atom stereocenters. The highest BCUT2D eigenvalue weighted by Crippen LogP contribution is 2.17. The lowest BCUT2D eigenvalue weighted by Crippen LogP contribution is -2.35. The van der Waals surface area contributed by atoms with Crippen LogP contribution >= 0.6 is 0 Å². The maximum absolute atomic E-state index is 12.6. The SMILES string of the molecule is COc1nc(C)nc(NC(=O)NS(=O)(=O)c2ccccc2CCCOC(C)=O)n1. The van der Waals surface area contributed by atoms with Gasteiger partial charge in [0, 0.05) is 6.92 Å². The molecule has 2 aromatic rings. The molecule has 1 heterocycles. The molecule has 2 rings (SSSR count). The van der Waals surface area contributed by atoms with Crippen molar-refractivity contribution in [1.29, 1.82) is 0 Å². The monoisotopic (exact) mass is 423 g/mol. The Labute approximate surface area is 167 Å². The predicted octanol–water partition coefficient (Wildman–Crippen LogP) is 1.19. The zero-order valence-corrected chi connectivity index (χ0v) is 16.9. The minimum Gasteiger partial charge on any atom is -0.467 e. The Balaban J connectivity index is 2.10. The molecule has 1 aromatic heterocycles. The highest BCUT2D eigenvalue weighted by molar-refractivity contribution is 7.90. The van der Waals surface area contributed by atoms with Crippen LogP contribution < -0.4 is 14.8 Å². The van der Waals surface area contributed by atoms with Gasteiger partial charge >= 0.3 is 18.0 Å². The number of anilines is 1. The number of carbonyl (C=O) groups excluding carboxylic acids is 2. The first-order chi connectivity index (χ1) is 13.7. The number of aryl methyl sites for hydroxylation is 2. The lowest BCUT2D eigenvalue weighted by atomic mass is 10.1. The number of hydrogen-bond donors (Lipinski definition) is 2. The van der Waals surface area contributed by atoms with Gasteiger partial charge in [-0.2, -0.15) is 15.0 Å². The number of benzene rings is 1. The number of esters is 1. The van der Waals surface area contributed by atoms with E-state index in [0.29, 0.717) is 18.4 Å². The van der Waals surface area contributed by atoms with Crippen molar-refractivity contribution in [1.82, 2.24) is 19.7 Å². The Morgan fingerprint density at radius 3 is 2.55 bits per heavy atom. The molecule has 29 heavy (non-hydrogen) atoms. The number of hydrogen-bond acceptors (Lipinski definition) is 9. The van der Waals surface area contributed by atoms with E-state index >= 15 is 0 Å². The molecule has 1 aromatic carbocycles. The molecule has 0 aliphatic heterocycles. The Bertz CT molecular complexity index is 996. The van der Waals surface area contributed by atoms with Crippen molar-refractivity contribution in [3.63, 3.8) is 0 Å². The van der Waals surface area contributed by atoms with E-state index in [1.54, 1.807) is 25.1 Å². The average Bonchev–Trinajstić information content (AvgIpc) is 2.64. The summed E-state index contributed by atoms with van der Waals surface area (Å²) >= 11 is 0. The molecule has 0 fully saturated rings. The third-order valence-corrected chi connectivity index (χ3v) is 4.95. The van der Waals surface area contributed by atoms with Crippen molar-refractivity contribution in [3.05, 3.63) is 35.7 Å². The van der Waals surface area contributed by atoms with Gasteiger partial charge in [-0.1, -0.05) is 18.2 Å². The number of carbonyl (C=O) groups is 2. The first kappa shape index (κ1) is 22.0. The number of ether oxygens (including phenoxy) is 2. The Hall–Kier alpha value is -3.28. The van der Waals surface area contributed by atoms with E-state index in [4.69, 9.17) is 9.47 Å². The molecule has 156 valence electrons. The summed E-state index contributed by atoms with van der Waals surface area (Å²) in [6.45, 7) is 3.03. The van der Waals surface area contributed by atoms with Crippen molar-refractivity contribution >= 4 is 28.0 Å². The van der Waals surface area contributed by atoms with E-state index in [1.807, 2.05) is 4.72 Å². The van der Waals surface area contributed by atoms with Gasteiger partial charge in [-0.3, -0.25) is 10.1 Å². The normalized spacial score (nSPS) is 10.9. The highest BCUT2D eigenvalue weighted by Gasteiger charge is 2.21. The molecule has 0 saturated heterocycles. The van der Waals surface area contributed by atoms with Gasteiger partial charge in [0.1, 0.15) is 5.82 Å². The summed E-state index contributed by atoms with van der Waals surface area (Å²) < 4.78 is 37.0. The van der Waals surface area contributed by atoms with Crippen LogP contribution in [0.25, 0.3) is 0 Å². The van der Waals surface area contributed by atoms with Crippen LogP contribution in [0.15, 0.2) is 29.2 Å². The van der Waals surface area contributed by atoms with Crippen LogP contribution in [0.5, 0.6) is 6.01 Å². The third kappa shape index (κ3) is 6.68. The molecule has 2 amide bonds. The third-order valence-electron chi connectivity index (χ3n) is 3.52. The second-order valence-corrected chi connectivity index (χ2v) is 7.45. The fraction of sp³-hybridized carbons (Fsp3) is 0.353. The standard InChI is InChI=1S/C17H21N5O6S/c1-11-18-15(21-17(19-11)27-3)20-16(24)22-29(25,26)14-9-5-4-7-13(14)8-6-10-28-12(2)23/h4-5,7,9H,6,8,10H2,1-3H3,(H2,18,19,20,21,22,24). The second-order valence-electron chi connectivity index (χ2n) is 5.80. The summed E-state index contributed by atoms with van der Waals surface area (Å²) in [4.78, 5) is 34.5. The first-order valence-electron chi connectivity index (χ1n) is 8.53. The fourth-order valence-corrected chi connectivity index (χ4v) is 3.54. The number of sulfonamides is 1. The van der Waals surface area contributed by atoms with Gasteiger partial charge in [-0.05, 0) is 31.4 Å². The van der Waals surface area contributed by atoms with E-state index in [9.17, 15) is 18.0 Å². The summed E-state index contributed by atoms with van der Waals surface area (Å²) in [7, 11) is -2.81. The van der Waals surface area contributed by atoms with Crippen LogP contribution in [0.4, 0.5) is 10.7 Å². The lowest BCUT2D eigenvalue weighted by molar-refractivity contribution is -0.141. The Morgan fingerprint density at radius 2 is 1.86 bits per heavy atom. The van der Waals surface area contributed by atoms with Crippen LogP contribution in [0.2, 0.25) is 0 Å². The Morgan fingerprint density at radius 1 is 1.14 bits per heavy atom.